The van der Waals surface area contributed by atoms with Gasteiger partial charge in [-0.05, 0) is 25.0 Å². The fourth-order valence-electron chi connectivity index (χ4n) is 1.93. The van der Waals surface area contributed by atoms with Crippen LogP contribution < -0.4 is 0 Å². The highest BCUT2D eigenvalue weighted by Gasteiger charge is 2.32. The van der Waals surface area contributed by atoms with Crippen molar-refractivity contribution >= 4 is 11.8 Å². The molecule has 1 fully saturated rings. The van der Waals surface area contributed by atoms with Crippen LogP contribution in [-0.4, -0.2) is 23.3 Å². The molecule has 1 saturated heterocycles. The third-order valence-electron chi connectivity index (χ3n) is 2.86. The van der Waals surface area contributed by atoms with Crippen molar-refractivity contribution in [1.29, 1.82) is 5.26 Å². The fourth-order valence-corrected chi connectivity index (χ4v) is 1.93. The van der Waals surface area contributed by atoms with Crippen molar-refractivity contribution in [3.63, 3.8) is 0 Å². The van der Waals surface area contributed by atoms with E-state index in [2.05, 4.69) is 0 Å². The van der Waals surface area contributed by atoms with Crippen molar-refractivity contribution in [3.8, 4) is 6.07 Å². The number of amides is 2. The number of benzene rings is 1. The first kappa shape index (κ1) is 11.3. The molecule has 17 heavy (non-hydrogen) atoms. The lowest BCUT2D eigenvalue weighted by molar-refractivity contribution is -0.133. The minimum absolute atomic E-state index is 0.310. The second-order valence-corrected chi connectivity index (χ2v) is 3.98. The third-order valence-corrected chi connectivity index (χ3v) is 2.86. The summed E-state index contributed by atoms with van der Waals surface area (Å²) in [6.07, 6.45) is 1.25. The van der Waals surface area contributed by atoms with Gasteiger partial charge >= 0.3 is 0 Å². The Morgan fingerprint density at radius 2 is 2.06 bits per heavy atom. The maximum Gasteiger partial charge on any atom is 0.260 e. The molecule has 4 nitrogen and oxygen atoms in total. The van der Waals surface area contributed by atoms with Gasteiger partial charge in [-0.3, -0.25) is 14.5 Å². The van der Waals surface area contributed by atoms with Gasteiger partial charge in [0.1, 0.15) is 5.92 Å². The molecule has 1 unspecified atom stereocenters. The van der Waals surface area contributed by atoms with E-state index in [4.69, 9.17) is 5.26 Å². The molecule has 0 aliphatic carbocycles. The zero-order chi connectivity index (χ0) is 12.3. The minimum Gasteiger partial charge on any atom is -0.277 e. The second-order valence-electron chi connectivity index (χ2n) is 3.98. The van der Waals surface area contributed by atoms with Crippen LogP contribution in [0.2, 0.25) is 0 Å². The van der Waals surface area contributed by atoms with Crippen molar-refractivity contribution in [2.24, 2.45) is 5.92 Å². The molecule has 1 atom stereocenters. The molecule has 1 aromatic rings. The van der Waals surface area contributed by atoms with Gasteiger partial charge in [0, 0.05) is 12.1 Å². The molecule has 1 aromatic carbocycles. The molecule has 4 heteroatoms. The molecule has 1 heterocycles. The Morgan fingerprint density at radius 3 is 2.71 bits per heavy atom. The number of likely N-dealkylation sites (tertiary alicyclic amines) is 1. The largest absolute Gasteiger partial charge is 0.277 e. The number of carbonyl (C=O) groups excluding carboxylic acids is 2. The van der Waals surface area contributed by atoms with Gasteiger partial charge in [-0.2, -0.15) is 5.26 Å². The number of carbonyl (C=O) groups is 2. The second kappa shape index (κ2) is 4.79. The van der Waals surface area contributed by atoms with Gasteiger partial charge in [0.2, 0.25) is 5.91 Å². The SMILES string of the molecule is N#CC1CCCN(C(=O)c2ccccc2)C1=O. The Labute approximate surface area is 99.5 Å². The Bertz CT molecular complexity index is 476. The lowest BCUT2D eigenvalue weighted by atomic mass is 9.98. The highest BCUT2D eigenvalue weighted by molar-refractivity contribution is 6.06. The molecule has 0 N–H and O–H groups in total. The Morgan fingerprint density at radius 1 is 1.35 bits per heavy atom. The van der Waals surface area contributed by atoms with E-state index in [1.165, 1.54) is 4.90 Å². The molecule has 1 aliphatic rings. The average Bonchev–Trinajstić information content (AvgIpc) is 2.39. The van der Waals surface area contributed by atoms with Crippen molar-refractivity contribution in [2.45, 2.75) is 12.8 Å². The van der Waals surface area contributed by atoms with Crippen LogP contribution >= 0.6 is 0 Å². The number of hydrogen-bond acceptors (Lipinski definition) is 3. The van der Waals surface area contributed by atoms with Gasteiger partial charge in [-0.1, -0.05) is 18.2 Å². The third kappa shape index (κ3) is 2.18. The number of hydrogen-bond donors (Lipinski definition) is 0. The van der Waals surface area contributed by atoms with Crippen LogP contribution in [0.15, 0.2) is 30.3 Å². The first-order valence-electron chi connectivity index (χ1n) is 5.54. The number of rotatable bonds is 1. The van der Waals surface area contributed by atoms with E-state index >= 15 is 0 Å². The summed E-state index contributed by atoms with van der Waals surface area (Å²) in [6, 6.07) is 10.6. The molecule has 86 valence electrons. The summed E-state index contributed by atoms with van der Waals surface area (Å²) < 4.78 is 0. The van der Waals surface area contributed by atoms with E-state index in [0.717, 1.165) is 0 Å². The summed E-state index contributed by atoms with van der Waals surface area (Å²) in [7, 11) is 0. The van der Waals surface area contributed by atoms with E-state index in [1.54, 1.807) is 24.3 Å². The maximum atomic E-state index is 12.1. The van der Waals surface area contributed by atoms with E-state index in [9.17, 15) is 9.59 Å². The zero-order valence-corrected chi connectivity index (χ0v) is 9.30. The van der Waals surface area contributed by atoms with Gasteiger partial charge in [-0.25, -0.2) is 0 Å². The summed E-state index contributed by atoms with van der Waals surface area (Å²) in [5.41, 5.74) is 0.486. The molecule has 0 spiro atoms. The highest BCUT2D eigenvalue weighted by atomic mass is 16.2. The van der Waals surface area contributed by atoms with Crippen LogP contribution in [0.1, 0.15) is 23.2 Å². The van der Waals surface area contributed by atoms with E-state index in [-0.39, 0.29) is 11.8 Å². The van der Waals surface area contributed by atoms with Gasteiger partial charge in [0.25, 0.3) is 5.91 Å². The van der Waals surface area contributed by atoms with E-state index in [0.29, 0.717) is 24.9 Å². The van der Waals surface area contributed by atoms with E-state index in [1.807, 2.05) is 12.1 Å². The normalized spacial score (nSPS) is 19.8. The monoisotopic (exact) mass is 228 g/mol. The topological polar surface area (TPSA) is 61.2 Å². The van der Waals surface area contributed by atoms with Crippen LogP contribution in [-0.2, 0) is 4.79 Å². The van der Waals surface area contributed by atoms with Crippen molar-refractivity contribution < 1.29 is 9.59 Å². The fraction of sp³-hybridized carbons (Fsp3) is 0.308. The van der Waals surface area contributed by atoms with Crippen LogP contribution in [0.25, 0.3) is 0 Å². The Balaban J connectivity index is 2.21. The molecule has 0 radical (unpaired) electrons. The molecule has 0 aromatic heterocycles. The maximum absolute atomic E-state index is 12.1. The smallest absolute Gasteiger partial charge is 0.260 e. The number of nitrogens with zero attached hydrogens (tertiary/aromatic N) is 2. The zero-order valence-electron chi connectivity index (χ0n) is 9.30. The molecular weight excluding hydrogens is 216 g/mol. The van der Waals surface area contributed by atoms with Crippen LogP contribution in [0.5, 0.6) is 0 Å². The standard InChI is InChI=1S/C13H12N2O2/c14-9-11-7-4-8-15(13(11)17)12(16)10-5-2-1-3-6-10/h1-3,5-6,11H,4,7-8H2. The minimum atomic E-state index is -0.670. The van der Waals surface area contributed by atoms with Crippen molar-refractivity contribution in [1.82, 2.24) is 4.90 Å². The Kier molecular flexibility index (Phi) is 3.20. The molecule has 0 saturated carbocycles. The average molecular weight is 228 g/mol. The first-order valence-corrected chi connectivity index (χ1v) is 5.54. The summed E-state index contributed by atoms with van der Waals surface area (Å²) in [6.45, 7) is 0.407. The van der Waals surface area contributed by atoms with Crippen LogP contribution in [0, 0.1) is 17.2 Å². The first-order chi connectivity index (χ1) is 8.24. The van der Waals surface area contributed by atoms with Gasteiger partial charge in [0.15, 0.2) is 0 Å². The molecule has 2 rings (SSSR count). The summed E-state index contributed by atoms with van der Waals surface area (Å²) in [5.74, 6) is -1.35. The predicted octanol–water partition coefficient (Wildman–Crippen LogP) is 1.59. The number of piperidine rings is 1. The van der Waals surface area contributed by atoms with E-state index < -0.39 is 5.92 Å². The molecular formula is C13H12N2O2. The lowest BCUT2D eigenvalue weighted by Gasteiger charge is -2.27. The summed E-state index contributed by atoms with van der Waals surface area (Å²) in [5, 5.41) is 8.82. The van der Waals surface area contributed by atoms with Crippen molar-refractivity contribution in [2.75, 3.05) is 6.54 Å². The highest BCUT2D eigenvalue weighted by Crippen LogP contribution is 2.19. The summed E-state index contributed by atoms with van der Waals surface area (Å²) in [4.78, 5) is 25.1. The van der Waals surface area contributed by atoms with Gasteiger partial charge in [-0.15, -0.1) is 0 Å². The quantitative estimate of drug-likeness (QED) is 0.686. The number of nitriles is 1. The molecule has 1 aliphatic heterocycles. The van der Waals surface area contributed by atoms with Gasteiger partial charge in [0.05, 0.1) is 6.07 Å². The van der Waals surface area contributed by atoms with Crippen LogP contribution in [0.3, 0.4) is 0 Å². The molecule has 2 amide bonds. The van der Waals surface area contributed by atoms with Crippen LogP contribution in [0.4, 0.5) is 0 Å². The van der Waals surface area contributed by atoms with Gasteiger partial charge < -0.3 is 0 Å². The predicted molar refractivity (Wildman–Crippen MR) is 60.8 cm³/mol. The van der Waals surface area contributed by atoms with Crippen molar-refractivity contribution in [3.05, 3.63) is 35.9 Å². The number of imide groups is 1. The summed E-state index contributed by atoms with van der Waals surface area (Å²) >= 11 is 0. The molecule has 0 bridgehead atoms. The Hall–Kier alpha value is -2.15. The lowest BCUT2D eigenvalue weighted by Crippen LogP contribution is -2.44.